The number of nitrogens with one attached hydrogen (secondary N) is 1. The normalized spacial score (nSPS) is 34.9. The molecule has 0 bridgehead atoms. The van der Waals surface area contributed by atoms with Gasteiger partial charge in [-0.25, -0.2) is 0 Å². The van der Waals surface area contributed by atoms with Crippen molar-refractivity contribution in [2.24, 2.45) is 5.41 Å². The van der Waals surface area contributed by atoms with Gasteiger partial charge in [-0.1, -0.05) is 20.3 Å². The van der Waals surface area contributed by atoms with Crippen LogP contribution in [0.5, 0.6) is 0 Å². The summed E-state index contributed by atoms with van der Waals surface area (Å²) in [6, 6.07) is 0.690. The minimum Gasteiger partial charge on any atom is -0.355 e. The van der Waals surface area contributed by atoms with Crippen LogP contribution in [0.1, 0.15) is 46.0 Å². The van der Waals surface area contributed by atoms with E-state index >= 15 is 0 Å². The van der Waals surface area contributed by atoms with Crippen LogP contribution < -0.4 is 5.32 Å². The fraction of sp³-hybridized carbons (Fsp3) is 1.00. The Morgan fingerprint density at radius 2 is 2.19 bits per heavy atom. The molecule has 2 fully saturated rings. The SMILES string of the molecule is CC1(C)CCCC(NCC2CCOCO2)C1. The lowest BCUT2D eigenvalue weighted by Gasteiger charge is -2.36. The molecule has 2 aliphatic rings. The van der Waals surface area contributed by atoms with Gasteiger partial charge in [0, 0.05) is 12.6 Å². The summed E-state index contributed by atoms with van der Waals surface area (Å²) in [5.74, 6) is 0. The molecule has 0 spiro atoms. The molecule has 94 valence electrons. The lowest BCUT2D eigenvalue weighted by molar-refractivity contribution is -0.137. The molecule has 0 aromatic heterocycles. The fourth-order valence-corrected chi connectivity index (χ4v) is 2.83. The predicted molar refractivity (Wildman–Crippen MR) is 64.3 cm³/mol. The second kappa shape index (κ2) is 5.48. The third-order valence-electron chi connectivity index (χ3n) is 3.81. The standard InChI is InChI=1S/C13H25NO2/c1-13(2)6-3-4-11(8-13)14-9-12-5-7-15-10-16-12/h11-12,14H,3-10H2,1-2H3. The minimum atomic E-state index is 0.360. The van der Waals surface area contributed by atoms with Gasteiger partial charge in [0.05, 0.1) is 12.7 Å². The maximum Gasteiger partial charge on any atom is 0.147 e. The van der Waals surface area contributed by atoms with E-state index in [4.69, 9.17) is 9.47 Å². The molecule has 3 heteroatoms. The Balaban J connectivity index is 1.68. The van der Waals surface area contributed by atoms with Gasteiger partial charge in [0.2, 0.25) is 0 Å². The van der Waals surface area contributed by atoms with E-state index in [1.807, 2.05) is 0 Å². The van der Waals surface area contributed by atoms with E-state index in [2.05, 4.69) is 19.2 Å². The summed E-state index contributed by atoms with van der Waals surface area (Å²) in [6.45, 7) is 7.08. The topological polar surface area (TPSA) is 30.5 Å². The number of rotatable bonds is 3. The number of hydrogen-bond donors (Lipinski definition) is 1. The molecular weight excluding hydrogens is 202 g/mol. The Kier molecular flexibility index (Phi) is 4.22. The molecule has 0 aromatic carbocycles. The van der Waals surface area contributed by atoms with E-state index in [0.29, 0.717) is 24.4 Å². The van der Waals surface area contributed by atoms with Crippen LogP contribution in [0, 0.1) is 5.41 Å². The quantitative estimate of drug-likeness (QED) is 0.802. The smallest absolute Gasteiger partial charge is 0.147 e. The summed E-state index contributed by atoms with van der Waals surface area (Å²) in [6.07, 6.45) is 6.75. The highest BCUT2D eigenvalue weighted by Gasteiger charge is 2.28. The van der Waals surface area contributed by atoms with E-state index in [1.54, 1.807) is 0 Å². The molecule has 1 aliphatic carbocycles. The summed E-state index contributed by atoms with van der Waals surface area (Å²) >= 11 is 0. The van der Waals surface area contributed by atoms with Crippen LogP contribution in [0.15, 0.2) is 0 Å². The summed E-state index contributed by atoms with van der Waals surface area (Å²) in [5.41, 5.74) is 0.520. The molecular formula is C13H25NO2. The van der Waals surface area contributed by atoms with E-state index < -0.39 is 0 Å². The Bertz CT molecular complexity index is 212. The highest BCUT2D eigenvalue weighted by molar-refractivity contribution is 4.84. The van der Waals surface area contributed by atoms with Crippen LogP contribution >= 0.6 is 0 Å². The van der Waals surface area contributed by atoms with Crippen molar-refractivity contribution in [1.82, 2.24) is 5.32 Å². The predicted octanol–water partition coefficient (Wildman–Crippen LogP) is 2.31. The number of hydrogen-bond acceptors (Lipinski definition) is 3. The van der Waals surface area contributed by atoms with Crippen molar-refractivity contribution in [1.29, 1.82) is 0 Å². The molecule has 2 atom stereocenters. The highest BCUT2D eigenvalue weighted by Crippen LogP contribution is 2.35. The first-order chi connectivity index (χ1) is 7.66. The Hall–Kier alpha value is -0.120. The summed E-state index contributed by atoms with van der Waals surface area (Å²) in [5, 5.41) is 3.67. The van der Waals surface area contributed by atoms with Crippen molar-refractivity contribution in [3.8, 4) is 0 Å². The van der Waals surface area contributed by atoms with Crippen LogP contribution in [0.3, 0.4) is 0 Å². The molecule has 2 unspecified atom stereocenters. The molecule has 2 rings (SSSR count). The van der Waals surface area contributed by atoms with Gasteiger partial charge in [0.1, 0.15) is 6.79 Å². The summed E-state index contributed by atoms with van der Waals surface area (Å²) < 4.78 is 10.7. The Labute approximate surface area is 98.9 Å². The molecule has 0 radical (unpaired) electrons. The van der Waals surface area contributed by atoms with Gasteiger partial charge in [0.15, 0.2) is 0 Å². The van der Waals surface area contributed by atoms with Crippen molar-refractivity contribution in [2.75, 3.05) is 19.9 Å². The van der Waals surface area contributed by atoms with E-state index in [0.717, 1.165) is 19.6 Å². The van der Waals surface area contributed by atoms with Crippen molar-refractivity contribution in [3.63, 3.8) is 0 Å². The third-order valence-corrected chi connectivity index (χ3v) is 3.81. The molecule has 16 heavy (non-hydrogen) atoms. The highest BCUT2D eigenvalue weighted by atomic mass is 16.7. The molecule has 1 heterocycles. The minimum absolute atomic E-state index is 0.360. The van der Waals surface area contributed by atoms with Gasteiger partial charge >= 0.3 is 0 Å². The Morgan fingerprint density at radius 3 is 2.88 bits per heavy atom. The zero-order chi connectivity index (χ0) is 11.4. The van der Waals surface area contributed by atoms with Gasteiger partial charge in [0.25, 0.3) is 0 Å². The van der Waals surface area contributed by atoms with Crippen LogP contribution in [-0.2, 0) is 9.47 Å². The average Bonchev–Trinajstić information content (AvgIpc) is 2.27. The molecule has 1 N–H and O–H groups in total. The van der Waals surface area contributed by atoms with Crippen molar-refractivity contribution in [2.45, 2.75) is 58.1 Å². The van der Waals surface area contributed by atoms with Gasteiger partial charge in [-0.3, -0.25) is 0 Å². The summed E-state index contributed by atoms with van der Waals surface area (Å²) in [4.78, 5) is 0. The zero-order valence-corrected chi connectivity index (χ0v) is 10.6. The van der Waals surface area contributed by atoms with Gasteiger partial charge in [-0.05, 0) is 31.1 Å². The third kappa shape index (κ3) is 3.72. The molecule has 1 aliphatic heterocycles. The largest absolute Gasteiger partial charge is 0.355 e. The van der Waals surface area contributed by atoms with E-state index in [-0.39, 0.29) is 0 Å². The van der Waals surface area contributed by atoms with Gasteiger partial charge in [-0.15, -0.1) is 0 Å². The first-order valence-electron chi connectivity index (χ1n) is 6.58. The molecule has 3 nitrogen and oxygen atoms in total. The lowest BCUT2D eigenvalue weighted by atomic mass is 9.75. The van der Waals surface area contributed by atoms with Gasteiger partial charge in [-0.2, -0.15) is 0 Å². The van der Waals surface area contributed by atoms with Crippen molar-refractivity contribution < 1.29 is 9.47 Å². The average molecular weight is 227 g/mol. The summed E-state index contributed by atoms with van der Waals surface area (Å²) in [7, 11) is 0. The number of ether oxygens (including phenoxy) is 2. The van der Waals surface area contributed by atoms with Crippen LogP contribution in [0.2, 0.25) is 0 Å². The Morgan fingerprint density at radius 1 is 1.31 bits per heavy atom. The van der Waals surface area contributed by atoms with Crippen LogP contribution in [-0.4, -0.2) is 32.1 Å². The molecule has 1 saturated carbocycles. The molecule has 0 aromatic rings. The maximum atomic E-state index is 5.54. The van der Waals surface area contributed by atoms with Gasteiger partial charge < -0.3 is 14.8 Å². The monoisotopic (exact) mass is 227 g/mol. The fourth-order valence-electron chi connectivity index (χ4n) is 2.83. The van der Waals surface area contributed by atoms with E-state index in [1.165, 1.54) is 25.7 Å². The van der Waals surface area contributed by atoms with Crippen LogP contribution in [0.4, 0.5) is 0 Å². The molecule has 1 saturated heterocycles. The van der Waals surface area contributed by atoms with Crippen molar-refractivity contribution in [3.05, 3.63) is 0 Å². The zero-order valence-electron chi connectivity index (χ0n) is 10.6. The lowest BCUT2D eigenvalue weighted by Crippen LogP contribution is -2.42. The second-order valence-corrected chi connectivity index (χ2v) is 5.97. The van der Waals surface area contributed by atoms with Crippen LogP contribution in [0.25, 0.3) is 0 Å². The molecule has 0 amide bonds. The van der Waals surface area contributed by atoms with Crippen molar-refractivity contribution >= 4 is 0 Å². The first kappa shape index (κ1) is 12.3. The van der Waals surface area contributed by atoms with E-state index in [9.17, 15) is 0 Å². The second-order valence-electron chi connectivity index (χ2n) is 5.97. The maximum absolute atomic E-state index is 5.54. The first-order valence-corrected chi connectivity index (χ1v) is 6.58.